The molecule has 0 amide bonds. The van der Waals surface area contributed by atoms with Crippen LogP contribution in [0.15, 0.2) is 32.9 Å². The molecule has 5 aromatic heterocycles. The zero-order valence-electron chi connectivity index (χ0n) is 26.7. The Morgan fingerprint density at radius 3 is 1.78 bits per heavy atom. The molecule has 0 atom stereocenters. The molecule has 0 radical (unpaired) electrons. The average molecular weight is 676 g/mol. The molecule has 256 valence electrons. The summed E-state index contributed by atoms with van der Waals surface area (Å²) in [7, 11) is 1.23. The minimum atomic E-state index is -0.735. The van der Waals surface area contributed by atoms with E-state index in [1.807, 2.05) is 13.8 Å². The van der Waals surface area contributed by atoms with E-state index in [1.54, 1.807) is 0 Å². The van der Waals surface area contributed by atoms with Crippen LogP contribution in [0, 0.1) is 0 Å². The molecule has 0 aliphatic carbocycles. The molecule has 0 aliphatic heterocycles. The van der Waals surface area contributed by atoms with Crippen LogP contribution >= 0.6 is 0 Å². The Labute approximate surface area is 276 Å². The molecule has 0 saturated carbocycles. The number of aryl methyl sites for hydroxylation is 2. The summed E-state index contributed by atoms with van der Waals surface area (Å²) in [4.78, 5) is 36.6. The van der Waals surface area contributed by atoms with Crippen LogP contribution in [0.3, 0.4) is 0 Å². The summed E-state index contributed by atoms with van der Waals surface area (Å²) in [6.07, 6.45) is 6.53. The van der Waals surface area contributed by atoms with Crippen molar-refractivity contribution < 1.29 is 24.5 Å². The van der Waals surface area contributed by atoms with Crippen LogP contribution in [0.5, 0.6) is 6.01 Å². The third-order valence-electron chi connectivity index (χ3n) is 7.03. The van der Waals surface area contributed by atoms with Crippen molar-refractivity contribution in [3.8, 4) is 17.9 Å². The van der Waals surface area contributed by atoms with Crippen molar-refractivity contribution in [2.24, 2.45) is 20.5 Å². The molecule has 22 nitrogen and oxygen atoms in total. The number of nitrogen functional groups attached to an aromatic ring is 2. The first-order chi connectivity index (χ1) is 23.7. The SMILES string of the molecule is CCCCc1nn(-c2nc(O)nc(-n3nc(CCCC)c(/N=N/c4[nH]ncc4C(=O)OC)c3N)n2)c(N)c1/N=N/c1[nH]ncc1C(=O)CO. The quantitative estimate of drug-likeness (QED) is 0.0528. The Kier molecular flexibility index (Phi) is 10.4. The highest BCUT2D eigenvalue weighted by atomic mass is 16.5. The maximum atomic E-state index is 12.1. The molecule has 49 heavy (non-hydrogen) atoms. The fourth-order valence-electron chi connectivity index (χ4n) is 4.48. The Morgan fingerprint density at radius 1 is 0.816 bits per heavy atom. The molecule has 0 aromatic carbocycles. The van der Waals surface area contributed by atoms with Gasteiger partial charge >= 0.3 is 12.0 Å². The number of ketones is 1. The molecule has 22 heteroatoms. The van der Waals surface area contributed by atoms with Crippen LogP contribution in [0.2, 0.25) is 0 Å². The fraction of sp³-hybridized carbons (Fsp3) is 0.370. The van der Waals surface area contributed by atoms with Gasteiger partial charge in [-0.05, 0) is 25.7 Å². The van der Waals surface area contributed by atoms with Crippen molar-refractivity contribution in [1.29, 1.82) is 0 Å². The summed E-state index contributed by atoms with van der Waals surface area (Å²) in [6, 6.07) is -0.689. The number of ether oxygens (including phenoxy) is 1. The lowest BCUT2D eigenvalue weighted by molar-refractivity contribution is 0.0601. The number of carbonyl (C=O) groups excluding carboxylic acids is 2. The summed E-state index contributed by atoms with van der Waals surface area (Å²) < 4.78 is 7.07. The van der Waals surface area contributed by atoms with E-state index in [1.165, 1.54) is 19.5 Å². The van der Waals surface area contributed by atoms with Crippen LogP contribution in [0.1, 0.15) is 71.6 Å². The van der Waals surface area contributed by atoms with E-state index >= 15 is 0 Å². The number of rotatable bonds is 15. The predicted octanol–water partition coefficient (Wildman–Crippen LogP) is 3.04. The van der Waals surface area contributed by atoms with Gasteiger partial charge in [0, 0.05) is 0 Å². The minimum absolute atomic E-state index is 0.0165. The second-order valence-corrected chi connectivity index (χ2v) is 10.4. The van der Waals surface area contributed by atoms with Gasteiger partial charge in [0.05, 0.1) is 36.5 Å². The lowest BCUT2D eigenvalue weighted by Gasteiger charge is -2.06. The van der Waals surface area contributed by atoms with Gasteiger partial charge in [0.15, 0.2) is 40.4 Å². The molecule has 0 saturated heterocycles. The van der Waals surface area contributed by atoms with E-state index in [4.69, 9.17) is 16.2 Å². The topological polar surface area (TPSA) is 317 Å². The van der Waals surface area contributed by atoms with Crippen molar-refractivity contribution in [1.82, 2.24) is 54.9 Å². The summed E-state index contributed by atoms with van der Waals surface area (Å²) in [6.45, 7) is 3.27. The van der Waals surface area contributed by atoms with Crippen LogP contribution in [0.4, 0.5) is 34.6 Å². The van der Waals surface area contributed by atoms with Crippen LogP contribution < -0.4 is 11.5 Å². The molecule has 0 aliphatic rings. The number of nitrogens with two attached hydrogens (primary N) is 2. The van der Waals surface area contributed by atoms with Gasteiger partial charge in [-0.15, -0.1) is 20.5 Å². The highest BCUT2D eigenvalue weighted by Gasteiger charge is 2.24. The van der Waals surface area contributed by atoms with Crippen LogP contribution in [0.25, 0.3) is 11.9 Å². The molecular formula is C27H33N17O5. The molecule has 0 spiro atoms. The number of esters is 1. The lowest BCUT2D eigenvalue weighted by Crippen LogP contribution is -2.13. The third kappa shape index (κ3) is 7.12. The number of azo groups is 2. The number of aromatic hydroxyl groups is 1. The Hall–Kier alpha value is -6.45. The maximum Gasteiger partial charge on any atom is 0.343 e. The first-order valence-electron chi connectivity index (χ1n) is 15.0. The van der Waals surface area contributed by atoms with Crippen LogP contribution in [-0.2, 0) is 17.6 Å². The van der Waals surface area contributed by atoms with Gasteiger partial charge in [0.25, 0.3) is 11.9 Å². The maximum absolute atomic E-state index is 12.1. The zero-order valence-corrected chi connectivity index (χ0v) is 26.7. The minimum Gasteiger partial charge on any atom is -0.479 e. The normalized spacial score (nSPS) is 11.7. The summed E-state index contributed by atoms with van der Waals surface area (Å²) in [5, 5.41) is 58.4. The summed E-state index contributed by atoms with van der Waals surface area (Å²) in [5.41, 5.74) is 14.3. The van der Waals surface area contributed by atoms with Crippen LogP contribution in [-0.4, -0.2) is 90.6 Å². The van der Waals surface area contributed by atoms with Crippen molar-refractivity contribution in [3.63, 3.8) is 0 Å². The molecular weight excluding hydrogens is 642 g/mol. The van der Waals surface area contributed by atoms with Gasteiger partial charge in [-0.25, -0.2) is 4.79 Å². The second-order valence-electron chi connectivity index (χ2n) is 10.4. The number of unbranched alkanes of at least 4 members (excludes halogenated alkanes) is 2. The number of methoxy groups -OCH3 is 1. The highest BCUT2D eigenvalue weighted by molar-refractivity contribution is 6.00. The number of nitrogens with one attached hydrogen (secondary N) is 2. The molecule has 5 aromatic rings. The number of aromatic nitrogens is 11. The number of carbonyl (C=O) groups is 2. The average Bonchev–Trinajstić information content (AvgIpc) is 3.89. The number of anilines is 2. The van der Waals surface area contributed by atoms with Gasteiger partial charge in [-0.2, -0.15) is 44.7 Å². The molecule has 0 fully saturated rings. The number of hydrogen-bond acceptors (Lipinski definition) is 18. The number of Topliss-reactive ketones (excluding diaryl/α,β-unsaturated/α-hetero) is 1. The van der Waals surface area contributed by atoms with Gasteiger partial charge in [0.1, 0.15) is 12.2 Å². The first kappa shape index (κ1) is 33.9. The molecule has 8 N–H and O–H groups in total. The van der Waals surface area contributed by atoms with Gasteiger partial charge in [-0.3, -0.25) is 15.0 Å². The monoisotopic (exact) mass is 675 g/mol. The van der Waals surface area contributed by atoms with E-state index in [-0.39, 0.29) is 57.7 Å². The standard InChI is InChI=1S/C27H33N17O5/c1-4-6-8-15-18(35-39-22-13(10-30-37-22)17(46)12-45)20(28)43(41-15)25-32-26(34-27(48)33-25)44-21(29)19(16(42-44)9-7-5-2)36-40-23-14(11-31-38-23)24(47)49-3/h10-11,45H,4-9,12,28-29H2,1-3H3,(H,30,37)(H,31,38)(H,32,33,34,48)/b39-35+,40-36+. The molecule has 0 bridgehead atoms. The molecule has 0 unspecified atom stereocenters. The number of aromatic amines is 2. The van der Waals surface area contributed by atoms with E-state index in [9.17, 15) is 19.8 Å². The Balaban J connectivity index is 1.56. The first-order valence-corrected chi connectivity index (χ1v) is 15.0. The Morgan fingerprint density at radius 2 is 1.31 bits per heavy atom. The molecule has 5 heterocycles. The van der Waals surface area contributed by atoms with E-state index in [2.05, 4.69) is 66.0 Å². The number of hydrogen-bond donors (Lipinski definition) is 6. The van der Waals surface area contributed by atoms with Gasteiger partial charge in [-0.1, -0.05) is 26.7 Å². The number of nitrogens with zero attached hydrogens (tertiary/aromatic N) is 13. The summed E-state index contributed by atoms with van der Waals surface area (Å²) >= 11 is 0. The van der Waals surface area contributed by atoms with Gasteiger partial charge < -0.3 is 26.4 Å². The number of aliphatic hydroxyl groups excluding tert-OH is 1. The predicted molar refractivity (Wildman–Crippen MR) is 170 cm³/mol. The largest absolute Gasteiger partial charge is 0.479 e. The number of H-pyrrole nitrogens is 2. The lowest BCUT2D eigenvalue weighted by atomic mass is 10.2. The van der Waals surface area contributed by atoms with Crippen molar-refractivity contribution in [2.45, 2.75) is 52.4 Å². The zero-order chi connectivity index (χ0) is 35.1. The highest BCUT2D eigenvalue weighted by Crippen LogP contribution is 2.34. The third-order valence-corrected chi connectivity index (χ3v) is 7.03. The van der Waals surface area contributed by atoms with E-state index in [0.29, 0.717) is 24.2 Å². The van der Waals surface area contributed by atoms with Crippen molar-refractivity contribution >= 4 is 46.4 Å². The van der Waals surface area contributed by atoms with Crippen molar-refractivity contribution in [3.05, 3.63) is 34.9 Å². The Bertz CT molecular complexity index is 1880. The number of aliphatic hydroxyl groups is 1. The fourth-order valence-corrected chi connectivity index (χ4v) is 4.48. The van der Waals surface area contributed by atoms with Gasteiger partial charge in [0.2, 0.25) is 0 Å². The van der Waals surface area contributed by atoms with E-state index in [0.717, 1.165) is 35.0 Å². The van der Waals surface area contributed by atoms with E-state index < -0.39 is 24.4 Å². The second kappa shape index (κ2) is 15.0. The van der Waals surface area contributed by atoms with Crippen molar-refractivity contribution in [2.75, 3.05) is 25.2 Å². The summed E-state index contributed by atoms with van der Waals surface area (Å²) in [5.74, 6) is -1.63. The molecule has 5 rings (SSSR count). The smallest absolute Gasteiger partial charge is 0.343 e.